The lowest BCUT2D eigenvalue weighted by Crippen LogP contribution is -2.50. The average Bonchev–Trinajstić information content (AvgIpc) is 3.20. The maximum Gasteiger partial charge on any atom is 0.311 e. The van der Waals surface area contributed by atoms with Gasteiger partial charge in [-0.3, -0.25) is 9.69 Å². The molecular formula is C15H24N4O3. The van der Waals surface area contributed by atoms with Crippen molar-refractivity contribution in [3.63, 3.8) is 0 Å². The largest absolute Gasteiger partial charge is 0.417 e. The van der Waals surface area contributed by atoms with Gasteiger partial charge in [0, 0.05) is 45.8 Å². The van der Waals surface area contributed by atoms with Crippen LogP contribution in [0.5, 0.6) is 0 Å². The Morgan fingerprint density at radius 2 is 2.09 bits per heavy atom. The Labute approximate surface area is 130 Å². The number of aryl methyl sites for hydroxylation is 1. The molecule has 0 spiro atoms. The van der Waals surface area contributed by atoms with Crippen molar-refractivity contribution in [2.24, 2.45) is 0 Å². The average molecular weight is 308 g/mol. The number of hydrogen-bond acceptors (Lipinski definition) is 6. The van der Waals surface area contributed by atoms with Crippen molar-refractivity contribution in [3.8, 4) is 0 Å². The summed E-state index contributed by atoms with van der Waals surface area (Å²) in [5, 5.41) is 7.78. The Kier molecular flexibility index (Phi) is 5.04. The summed E-state index contributed by atoms with van der Waals surface area (Å²) in [6, 6.07) is 0. The standard InChI is InChI=1S/C15H24N4O3/c1-2-4-13-16-17-14(22-13)15(20)19-8-6-18(7-9-19)11-12-5-3-10-21-12/h12H,2-11H2,1H3/t12-/m0/s1. The van der Waals surface area contributed by atoms with Crippen LogP contribution in [-0.4, -0.2) is 71.3 Å². The molecule has 0 N–H and O–H groups in total. The van der Waals surface area contributed by atoms with Gasteiger partial charge in [-0.15, -0.1) is 10.2 Å². The molecule has 122 valence electrons. The molecule has 0 saturated carbocycles. The van der Waals surface area contributed by atoms with Crippen molar-refractivity contribution in [2.45, 2.75) is 38.7 Å². The van der Waals surface area contributed by atoms with Crippen LogP contribution in [0.25, 0.3) is 0 Å². The number of carbonyl (C=O) groups excluding carboxylic acids is 1. The van der Waals surface area contributed by atoms with Crippen LogP contribution in [-0.2, 0) is 11.2 Å². The van der Waals surface area contributed by atoms with Crippen LogP contribution in [0, 0.1) is 0 Å². The summed E-state index contributed by atoms with van der Waals surface area (Å²) in [5.74, 6) is 0.519. The number of aromatic nitrogens is 2. The van der Waals surface area contributed by atoms with Crippen molar-refractivity contribution in [1.82, 2.24) is 20.0 Å². The highest BCUT2D eigenvalue weighted by Gasteiger charge is 2.27. The molecule has 0 unspecified atom stereocenters. The fourth-order valence-corrected chi connectivity index (χ4v) is 3.00. The molecule has 7 nitrogen and oxygen atoms in total. The maximum atomic E-state index is 12.4. The highest BCUT2D eigenvalue weighted by molar-refractivity contribution is 5.89. The number of amides is 1. The van der Waals surface area contributed by atoms with E-state index in [1.165, 1.54) is 6.42 Å². The third kappa shape index (κ3) is 3.64. The number of piperazine rings is 1. The minimum atomic E-state index is -0.147. The molecule has 0 aliphatic carbocycles. The number of carbonyl (C=O) groups is 1. The Morgan fingerprint density at radius 1 is 1.27 bits per heavy atom. The second kappa shape index (κ2) is 7.19. The topological polar surface area (TPSA) is 71.7 Å². The lowest BCUT2D eigenvalue weighted by atomic mass is 10.2. The number of ether oxygens (including phenoxy) is 1. The molecule has 1 atom stereocenters. The molecule has 2 aliphatic heterocycles. The summed E-state index contributed by atoms with van der Waals surface area (Å²) < 4.78 is 11.1. The third-order valence-corrected chi connectivity index (χ3v) is 4.26. The first-order valence-electron chi connectivity index (χ1n) is 8.22. The molecule has 0 radical (unpaired) electrons. The zero-order valence-electron chi connectivity index (χ0n) is 13.2. The lowest BCUT2D eigenvalue weighted by Gasteiger charge is -2.35. The lowest BCUT2D eigenvalue weighted by molar-refractivity contribution is 0.0411. The first-order valence-corrected chi connectivity index (χ1v) is 8.22. The minimum absolute atomic E-state index is 0.121. The molecule has 2 saturated heterocycles. The Morgan fingerprint density at radius 3 is 2.77 bits per heavy atom. The first-order chi connectivity index (χ1) is 10.8. The van der Waals surface area contributed by atoms with Crippen molar-refractivity contribution in [2.75, 3.05) is 39.3 Å². The number of hydrogen-bond donors (Lipinski definition) is 0. The first kappa shape index (κ1) is 15.4. The van der Waals surface area contributed by atoms with Gasteiger partial charge in [-0.25, -0.2) is 0 Å². The summed E-state index contributed by atoms with van der Waals surface area (Å²) in [5.41, 5.74) is 0. The van der Waals surface area contributed by atoms with Crippen LogP contribution >= 0.6 is 0 Å². The van der Waals surface area contributed by atoms with Gasteiger partial charge in [-0.1, -0.05) is 6.92 Å². The van der Waals surface area contributed by atoms with Gasteiger partial charge < -0.3 is 14.1 Å². The van der Waals surface area contributed by atoms with E-state index < -0.39 is 0 Å². The normalized spacial score (nSPS) is 23.1. The molecule has 7 heteroatoms. The summed E-state index contributed by atoms with van der Waals surface area (Å²) in [6.45, 7) is 7.07. The van der Waals surface area contributed by atoms with Gasteiger partial charge in [0.05, 0.1) is 6.10 Å². The van der Waals surface area contributed by atoms with E-state index in [-0.39, 0.29) is 11.8 Å². The molecule has 3 heterocycles. The molecule has 2 fully saturated rings. The zero-order chi connectivity index (χ0) is 15.4. The predicted octanol–water partition coefficient (Wildman–Crippen LogP) is 0.959. The van der Waals surface area contributed by atoms with Crippen molar-refractivity contribution in [1.29, 1.82) is 0 Å². The zero-order valence-corrected chi connectivity index (χ0v) is 13.2. The van der Waals surface area contributed by atoms with E-state index in [9.17, 15) is 4.79 Å². The highest BCUT2D eigenvalue weighted by Crippen LogP contribution is 2.15. The van der Waals surface area contributed by atoms with Crippen LogP contribution in [0.2, 0.25) is 0 Å². The summed E-state index contributed by atoms with van der Waals surface area (Å²) in [6.07, 6.45) is 4.34. The van der Waals surface area contributed by atoms with Crippen molar-refractivity contribution >= 4 is 5.91 Å². The second-order valence-corrected chi connectivity index (χ2v) is 5.98. The van der Waals surface area contributed by atoms with Gasteiger partial charge in [0.1, 0.15) is 0 Å². The van der Waals surface area contributed by atoms with E-state index in [1.807, 2.05) is 6.92 Å². The van der Waals surface area contributed by atoms with Gasteiger partial charge in [0.15, 0.2) is 0 Å². The van der Waals surface area contributed by atoms with Gasteiger partial charge in [-0.05, 0) is 19.3 Å². The molecule has 0 bridgehead atoms. The maximum absolute atomic E-state index is 12.4. The molecule has 1 aromatic rings. The van der Waals surface area contributed by atoms with Crippen molar-refractivity contribution in [3.05, 3.63) is 11.8 Å². The highest BCUT2D eigenvalue weighted by atomic mass is 16.5. The quantitative estimate of drug-likeness (QED) is 0.807. The molecule has 0 aromatic carbocycles. The van der Waals surface area contributed by atoms with Gasteiger partial charge in [0.25, 0.3) is 0 Å². The van der Waals surface area contributed by atoms with Crippen molar-refractivity contribution < 1.29 is 13.9 Å². The number of rotatable bonds is 5. The van der Waals surface area contributed by atoms with Crippen LogP contribution in [0.1, 0.15) is 42.8 Å². The smallest absolute Gasteiger partial charge is 0.311 e. The Balaban J connectivity index is 1.48. The monoisotopic (exact) mass is 308 g/mol. The molecule has 1 aromatic heterocycles. The van der Waals surface area contributed by atoms with E-state index in [0.29, 0.717) is 25.1 Å². The van der Waals surface area contributed by atoms with E-state index in [4.69, 9.17) is 9.15 Å². The van der Waals surface area contributed by atoms with E-state index >= 15 is 0 Å². The second-order valence-electron chi connectivity index (χ2n) is 5.98. The van der Waals surface area contributed by atoms with Crippen LogP contribution < -0.4 is 0 Å². The summed E-state index contributed by atoms with van der Waals surface area (Å²) in [7, 11) is 0. The van der Waals surface area contributed by atoms with Gasteiger partial charge in [-0.2, -0.15) is 0 Å². The third-order valence-electron chi connectivity index (χ3n) is 4.26. The Hall–Kier alpha value is -1.47. The molecule has 1 amide bonds. The van der Waals surface area contributed by atoms with Crippen LogP contribution in [0.3, 0.4) is 0 Å². The van der Waals surface area contributed by atoms with Crippen LogP contribution in [0.15, 0.2) is 4.42 Å². The fourth-order valence-electron chi connectivity index (χ4n) is 3.00. The van der Waals surface area contributed by atoms with E-state index in [1.54, 1.807) is 4.90 Å². The SMILES string of the molecule is CCCc1nnc(C(=O)N2CCN(C[C@@H]3CCCO3)CC2)o1. The summed E-state index contributed by atoms with van der Waals surface area (Å²) >= 11 is 0. The predicted molar refractivity (Wildman–Crippen MR) is 79.6 cm³/mol. The number of nitrogens with zero attached hydrogens (tertiary/aromatic N) is 4. The Bertz CT molecular complexity index is 491. The molecule has 2 aliphatic rings. The molecular weight excluding hydrogens is 284 g/mol. The van der Waals surface area contributed by atoms with Crippen LogP contribution in [0.4, 0.5) is 0 Å². The fraction of sp³-hybridized carbons (Fsp3) is 0.800. The van der Waals surface area contributed by atoms with E-state index in [0.717, 1.165) is 45.5 Å². The van der Waals surface area contributed by atoms with E-state index in [2.05, 4.69) is 15.1 Å². The summed E-state index contributed by atoms with van der Waals surface area (Å²) in [4.78, 5) is 16.5. The molecule has 3 rings (SSSR count). The minimum Gasteiger partial charge on any atom is -0.417 e. The van der Waals surface area contributed by atoms with Gasteiger partial charge in [0.2, 0.25) is 5.89 Å². The van der Waals surface area contributed by atoms with Gasteiger partial charge >= 0.3 is 11.8 Å². The molecule has 22 heavy (non-hydrogen) atoms.